The molecule has 0 bridgehead atoms. The molecule has 38 heavy (non-hydrogen) atoms. The average Bonchev–Trinajstić information content (AvgIpc) is 2.93. The van der Waals surface area contributed by atoms with Crippen LogP contribution in [0.1, 0.15) is 75.6 Å². The molecular weight excluding hydrogens is 476 g/mol. The Morgan fingerprint density at radius 3 is 1.79 bits per heavy atom. The van der Waals surface area contributed by atoms with Crippen molar-refractivity contribution in [2.24, 2.45) is 0 Å². The van der Waals surface area contributed by atoms with Gasteiger partial charge in [-0.3, -0.25) is 4.79 Å². The highest BCUT2D eigenvalue weighted by Gasteiger charge is 2.17. The second-order valence-corrected chi connectivity index (χ2v) is 8.55. The van der Waals surface area contributed by atoms with Crippen molar-refractivity contribution in [3.63, 3.8) is 0 Å². The highest BCUT2D eigenvalue weighted by Crippen LogP contribution is 2.18. The molecule has 0 radical (unpaired) electrons. The van der Waals surface area contributed by atoms with E-state index in [0.717, 1.165) is 38.5 Å². The smallest absolute Gasteiger partial charge is 0.342 e. The fraction of sp³-hybridized carbons (Fsp3) is 0.394. The van der Waals surface area contributed by atoms with Gasteiger partial charge < -0.3 is 14.2 Å². The van der Waals surface area contributed by atoms with Crippen LogP contribution >= 0.6 is 0 Å². The number of esters is 2. The Morgan fingerprint density at radius 2 is 1.26 bits per heavy atom. The summed E-state index contributed by atoms with van der Waals surface area (Å²) >= 11 is 0. The lowest BCUT2D eigenvalue weighted by Gasteiger charge is -2.14. The van der Waals surface area contributed by atoms with E-state index in [1.807, 2.05) is 12.2 Å². The summed E-state index contributed by atoms with van der Waals surface area (Å²) in [5, 5.41) is 0. The highest BCUT2D eigenvalue weighted by atomic mass is 16.6. The van der Waals surface area contributed by atoms with Gasteiger partial charge in [0.15, 0.2) is 0 Å². The minimum Gasteiger partial charge on any atom is -0.496 e. The Labute approximate surface area is 229 Å². The van der Waals surface area contributed by atoms with Crippen LogP contribution in [0.4, 0.5) is 0 Å². The third kappa shape index (κ3) is 17.0. The maximum Gasteiger partial charge on any atom is 0.342 e. The average molecular weight is 521 g/mol. The fourth-order valence-corrected chi connectivity index (χ4v) is 3.22. The van der Waals surface area contributed by atoms with Gasteiger partial charge in [0.1, 0.15) is 24.0 Å². The third-order valence-corrected chi connectivity index (χ3v) is 5.23. The quantitative estimate of drug-likeness (QED) is 0.136. The van der Waals surface area contributed by atoms with Gasteiger partial charge in [-0.1, -0.05) is 92.0 Å². The van der Waals surface area contributed by atoms with E-state index in [4.69, 9.17) is 14.2 Å². The Hall–Kier alpha value is -3.60. The first kappa shape index (κ1) is 32.4. The van der Waals surface area contributed by atoms with Crippen molar-refractivity contribution in [3.05, 3.63) is 103 Å². The molecule has 0 fully saturated rings. The summed E-state index contributed by atoms with van der Waals surface area (Å²) in [6.07, 6.45) is 31.9. The number of methoxy groups -OCH3 is 1. The van der Waals surface area contributed by atoms with Gasteiger partial charge in [-0.2, -0.15) is 0 Å². The Kier molecular flexibility index (Phi) is 19.3. The normalized spacial score (nSPS) is 13.0. The predicted molar refractivity (Wildman–Crippen MR) is 156 cm³/mol. The van der Waals surface area contributed by atoms with Crippen molar-refractivity contribution in [3.8, 4) is 5.75 Å². The van der Waals surface area contributed by atoms with Crippen molar-refractivity contribution in [1.82, 2.24) is 0 Å². The monoisotopic (exact) mass is 520 g/mol. The summed E-state index contributed by atoms with van der Waals surface area (Å²) in [6.45, 7) is 3.85. The lowest BCUT2D eigenvalue weighted by atomic mass is 10.2. The standard InChI is InChI=1S/C33H44O5/c1-4-5-6-7-8-9-10-11-12-13-14-15-16-17-18-19-20-21-22-27-32(34)37-28-29(2)38-33(35)30-25-23-24-26-31(30)36-3/h5-6,8-9,11-12,14-15,17-18,20-21,23-26,29H,4,7,10,13,16,19,22,27-28H2,1-3H3/b6-5-,9-8-,12-11-,15-14-,18-17-,21-20-. The molecule has 0 spiro atoms. The number of rotatable bonds is 19. The van der Waals surface area contributed by atoms with E-state index in [9.17, 15) is 9.59 Å². The van der Waals surface area contributed by atoms with E-state index in [2.05, 4.69) is 67.7 Å². The number of benzene rings is 1. The lowest BCUT2D eigenvalue weighted by Crippen LogP contribution is -2.22. The zero-order valence-corrected chi connectivity index (χ0v) is 23.2. The van der Waals surface area contributed by atoms with Crippen LogP contribution in [-0.4, -0.2) is 31.8 Å². The van der Waals surface area contributed by atoms with Crippen LogP contribution < -0.4 is 4.74 Å². The molecule has 0 aliphatic carbocycles. The number of ether oxygens (including phenoxy) is 3. The van der Waals surface area contributed by atoms with Crippen LogP contribution in [0.15, 0.2) is 97.2 Å². The molecule has 1 aromatic carbocycles. The van der Waals surface area contributed by atoms with Crippen LogP contribution in [0.25, 0.3) is 0 Å². The molecule has 0 aromatic heterocycles. The minimum atomic E-state index is -0.553. The van der Waals surface area contributed by atoms with E-state index in [1.165, 1.54) is 7.11 Å². The molecule has 1 rings (SSSR count). The van der Waals surface area contributed by atoms with E-state index < -0.39 is 12.1 Å². The Balaban J connectivity index is 2.08. The first-order chi connectivity index (χ1) is 18.6. The predicted octanol–water partition coefficient (Wildman–Crippen LogP) is 8.26. The first-order valence-corrected chi connectivity index (χ1v) is 13.5. The van der Waals surface area contributed by atoms with E-state index in [-0.39, 0.29) is 19.0 Å². The molecule has 5 nitrogen and oxygen atoms in total. The molecule has 5 heteroatoms. The van der Waals surface area contributed by atoms with Crippen molar-refractivity contribution in [1.29, 1.82) is 0 Å². The van der Waals surface area contributed by atoms with Crippen LogP contribution in [0, 0.1) is 0 Å². The highest BCUT2D eigenvalue weighted by molar-refractivity contribution is 5.92. The van der Waals surface area contributed by atoms with Gasteiger partial charge >= 0.3 is 11.9 Å². The van der Waals surface area contributed by atoms with Gasteiger partial charge in [-0.05, 0) is 64.0 Å². The summed E-state index contributed by atoms with van der Waals surface area (Å²) in [4.78, 5) is 24.2. The maximum absolute atomic E-state index is 12.3. The molecule has 206 valence electrons. The number of allylic oxidation sites excluding steroid dienone is 12. The SMILES string of the molecule is CC/C=C\C/C=C\C/C=C\C/C=C\C/C=C\C/C=C\CCC(=O)OCC(C)OC(=O)c1ccccc1OC. The number of hydrogen-bond donors (Lipinski definition) is 0. The molecule has 0 aliphatic heterocycles. The van der Waals surface area contributed by atoms with Crippen LogP contribution in [0.2, 0.25) is 0 Å². The zero-order chi connectivity index (χ0) is 27.7. The molecule has 0 saturated carbocycles. The Bertz CT molecular complexity index is 965. The zero-order valence-electron chi connectivity index (χ0n) is 23.2. The molecule has 1 aromatic rings. The molecule has 0 saturated heterocycles. The minimum absolute atomic E-state index is 0.0173. The second kappa shape index (κ2) is 22.6. The van der Waals surface area contributed by atoms with Gasteiger partial charge in [0, 0.05) is 6.42 Å². The fourth-order valence-electron chi connectivity index (χ4n) is 3.22. The Morgan fingerprint density at radius 1 is 0.763 bits per heavy atom. The molecule has 0 aliphatic rings. The summed E-state index contributed by atoms with van der Waals surface area (Å²) in [7, 11) is 1.50. The number of carbonyl (C=O) groups excluding carboxylic acids is 2. The molecular formula is C33H44O5. The summed E-state index contributed by atoms with van der Waals surface area (Å²) in [5.41, 5.74) is 0.339. The van der Waals surface area contributed by atoms with E-state index >= 15 is 0 Å². The lowest BCUT2D eigenvalue weighted by molar-refractivity contribution is -0.146. The number of hydrogen-bond acceptors (Lipinski definition) is 5. The molecule has 1 atom stereocenters. The number of para-hydroxylation sites is 1. The summed E-state index contributed by atoms with van der Waals surface area (Å²) in [6, 6.07) is 6.83. The molecule has 0 heterocycles. The van der Waals surface area contributed by atoms with Crippen LogP contribution in [-0.2, 0) is 14.3 Å². The summed E-state index contributed by atoms with van der Waals surface area (Å²) in [5.74, 6) is -0.383. The van der Waals surface area contributed by atoms with Gasteiger partial charge in [0.25, 0.3) is 0 Å². The van der Waals surface area contributed by atoms with Crippen molar-refractivity contribution in [2.75, 3.05) is 13.7 Å². The van der Waals surface area contributed by atoms with E-state index in [1.54, 1.807) is 31.2 Å². The molecule has 1 unspecified atom stereocenters. The van der Waals surface area contributed by atoms with Gasteiger partial charge in [-0.25, -0.2) is 4.79 Å². The first-order valence-electron chi connectivity index (χ1n) is 13.5. The van der Waals surface area contributed by atoms with Crippen molar-refractivity contribution < 1.29 is 23.8 Å². The van der Waals surface area contributed by atoms with Crippen LogP contribution in [0.3, 0.4) is 0 Å². The molecule has 0 amide bonds. The largest absolute Gasteiger partial charge is 0.496 e. The topological polar surface area (TPSA) is 61.8 Å². The van der Waals surface area contributed by atoms with Crippen molar-refractivity contribution in [2.45, 2.75) is 71.3 Å². The third-order valence-electron chi connectivity index (χ3n) is 5.23. The van der Waals surface area contributed by atoms with Gasteiger partial charge in [0.2, 0.25) is 0 Å². The van der Waals surface area contributed by atoms with E-state index in [0.29, 0.717) is 17.7 Å². The number of carbonyl (C=O) groups is 2. The van der Waals surface area contributed by atoms with Gasteiger partial charge in [-0.15, -0.1) is 0 Å². The van der Waals surface area contributed by atoms with Crippen LogP contribution in [0.5, 0.6) is 5.75 Å². The maximum atomic E-state index is 12.3. The second-order valence-electron chi connectivity index (χ2n) is 8.55. The summed E-state index contributed by atoms with van der Waals surface area (Å²) < 4.78 is 15.7. The molecule has 0 N–H and O–H groups in total. The van der Waals surface area contributed by atoms with Crippen molar-refractivity contribution >= 4 is 11.9 Å². The van der Waals surface area contributed by atoms with Gasteiger partial charge in [0.05, 0.1) is 7.11 Å².